The van der Waals surface area contributed by atoms with E-state index in [1.54, 1.807) is 7.05 Å². The topological polar surface area (TPSA) is 87.1 Å². The first-order valence-corrected chi connectivity index (χ1v) is 9.12. The van der Waals surface area contributed by atoms with Crippen LogP contribution in [0.25, 0.3) is 49.5 Å². The van der Waals surface area contributed by atoms with Crippen molar-refractivity contribution in [2.45, 2.75) is 0 Å². The lowest BCUT2D eigenvalue weighted by molar-refractivity contribution is 0.706. The molecule has 0 amide bonds. The number of imidazole rings is 1. The van der Waals surface area contributed by atoms with Crippen molar-refractivity contribution in [2.24, 2.45) is 14.1 Å². The molecule has 3 aromatic heterocycles. The van der Waals surface area contributed by atoms with Crippen molar-refractivity contribution in [2.75, 3.05) is 0 Å². The average Bonchev–Trinajstić information content (AvgIpc) is 3.14. The Bertz CT molecular complexity index is 1770. The molecule has 0 N–H and O–H groups in total. The van der Waals surface area contributed by atoms with Crippen LogP contribution >= 0.6 is 0 Å². The summed E-state index contributed by atoms with van der Waals surface area (Å²) in [6.07, 6.45) is 0. The second-order valence-corrected chi connectivity index (χ2v) is 7.10. The third-order valence-corrected chi connectivity index (χ3v) is 5.51. The maximum absolute atomic E-state index is 12.8. The normalized spacial score (nSPS) is 12.1. The Morgan fingerprint density at radius 1 is 0.724 bits per heavy atom. The standard InChI is InChI=1S/C21H14N6O2/c1-25-18-17(19(28)26(2)21(25)29)27-20(23-18)22-15-13-9-5-3-7-11(13)12-8-4-6-10-14(12)16(15)24-27/h3-10H,1-2H3. The molecule has 0 unspecified atom stereocenters. The molecule has 0 aliphatic heterocycles. The fourth-order valence-electron chi connectivity index (χ4n) is 4.06. The molecule has 0 atom stereocenters. The van der Waals surface area contributed by atoms with E-state index >= 15 is 0 Å². The summed E-state index contributed by atoms with van der Waals surface area (Å²) < 4.78 is 3.84. The van der Waals surface area contributed by atoms with Crippen molar-refractivity contribution >= 4 is 49.5 Å². The summed E-state index contributed by atoms with van der Waals surface area (Å²) in [6.45, 7) is 0. The molecule has 0 aliphatic carbocycles. The van der Waals surface area contributed by atoms with Crippen LogP contribution in [0.5, 0.6) is 0 Å². The number of rotatable bonds is 0. The Labute approximate surface area is 162 Å². The van der Waals surface area contributed by atoms with Crippen molar-refractivity contribution in [1.82, 2.24) is 28.7 Å². The molecular formula is C21H14N6O2. The summed E-state index contributed by atoms with van der Waals surface area (Å²) in [6, 6.07) is 16.0. The van der Waals surface area contributed by atoms with E-state index in [0.29, 0.717) is 11.0 Å². The highest BCUT2D eigenvalue weighted by atomic mass is 16.2. The lowest BCUT2D eigenvalue weighted by Gasteiger charge is -2.09. The van der Waals surface area contributed by atoms with Crippen LogP contribution in [0.3, 0.4) is 0 Å². The summed E-state index contributed by atoms with van der Waals surface area (Å²) >= 11 is 0. The van der Waals surface area contributed by atoms with Gasteiger partial charge in [0.15, 0.2) is 11.2 Å². The fourth-order valence-corrected chi connectivity index (χ4v) is 4.06. The molecule has 8 heteroatoms. The van der Waals surface area contributed by atoms with Crippen LogP contribution in [-0.4, -0.2) is 28.7 Å². The molecule has 6 aromatic rings. The van der Waals surface area contributed by atoms with Gasteiger partial charge in [0, 0.05) is 24.9 Å². The molecule has 8 nitrogen and oxygen atoms in total. The van der Waals surface area contributed by atoms with Crippen LogP contribution < -0.4 is 11.2 Å². The number of fused-ring (bicyclic) bond motifs is 9. The van der Waals surface area contributed by atoms with Gasteiger partial charge in [-0.1, -0.05) is 48.5 Å². The molecular weight excluding hydrogens is 368 g/mol. The molecule has 140 valence electrons. The highest BCUT2D eigenvalue weighted by Crippen LogP contribution is 2.33. The molecule has 0 saturated heterocycles. The number of nitrogens with zero attached hydrogens (tertiary/aromatic N) is 6. The van der Waals surface area contributed by atoms with Gasteiger partial charge in [-0.25, -0.2) is 9.78 Å². The van der Waals surface area contributed by atoms with Gasteiger partial charge in [-0.05, 0) is 10.8 Å². The molecule has 0 aliphatic rings. The lowest BCUT2D eigenvalue weighted by Crippen LogP contribution is -2.37. The Morgan fingerprint density at radius 2 is 1.31 bits per heavy atom. The summed E-state index contributed by atoms with van der Waals surface area (Å²) in [5, 5.41) is 8.83. The predicted molar refractivity (Wildman–Crippen MR) is 111 cm³/mol. The Morgan fingerprint density at radius 3 is 1.97 bits per heavy atom. The van der Waals surface area contributed by atoms with E-state index in [1.807, 2.05) is 36.4 Å². The van der Waals surface area contributed by atoms with E-state index in [9.17, 15) is 9.59 Å². The average molecular weight is 382 g/mol. The Hall–Kier alpha value is -4.07. The molecule has 0 radical (unpaired) electrons. The first-order valence-electron chi connectivity index (χ1n) is 9.12. The van der Waals surface area contributed by atoms with Crippen LogP contribution in [0, 0.1) is 0 Å². The fraction of sp³-hybridized carbons (Fsp3) is 0.0952. The monoisotopic (exact) mass is 382 g/mol. The lowest BCUT2D eigenvalue weighted by atomic mass is 10.00. The Balaban J connectivity index is 1.96. The van der Waals surface area contributed by atoms with Crippen molar-refractivity contribution in [3.05, 3.63) is 69.4 Å². The van der Waals surface area contributed by atoms with E-state index in [1.165, 1.54) is 16.1 Å². The molecule has 29 heavy (non-hydrogen) atoms. The minimum atomic E-state index is -0.450. The van der Waals surface area contributed by atoms with Gasteiger partial charge in [0.2, 0.25) is 0 Å². The molecule has 3 heterocycles. The van der Waals surface area contributed by atoms with Gasteiger partial charge in [-0.3, -0.25) is 13.9 Å². The van der Waals surface area contributed by atoms with Crippen LogP contribution in [-0.2, 0) is 14.1 Å². The number of benzene rings is 3. The SMILES string of the molecule is Cn1c(=O)c2c(nc3nc4c5ccccc5c5ccccc5c4nn32)n(C)c1=O. The largest absolute Gasteiger partial charge is 0.332 e. The second kappa shape index (κ2) is 5.26. The van der Waals surface area contributed by atoms with Crippen molar-refractivity contribution < 1.29 is 0 Å². The smallest absolute Gasteiger partial charge is 0.279 e. The molecule has 0 saturated carbocycles. The maximum atomic E-state index is 12.8. The molecule has 6 rings (SSSR count). The summed E-state index contributed by atoms with van der Waals surface area (Å²) in [7, 11) is 3.03. The van der Waals surface area contributed by atoms with Gasteiger partial charge in [-0.2, -0.15) is 14.6 Å². The zero-order chi connectivity index (χ0) is 19.9. The van der Waals surface area contributed by atoms with E-state index in [4.69, 9.17) is 10.1 Å². The van der Waals surface area contributed by atoms with Gasteiger partial charge < -0.3 is 0 Å². The van der Waals surface area contributed by atoms with Gasteiger partial charge in [0.1, 0.15) is 11.0 Å². The number of aryl methyl sites for hydroxylation is 1. The first kappa shape index (κ1) is 15.9. The van der Waals surface area contributed by atoms with Gasteiger partial charge in [0.05, 0.1) is 0 Å². The number of aromatic nitrogens is 6. The van der Waals surface area contributed by atoms with E-state index in [-0.39, 0.29) is 16.9 Å². The van der Waals surface area contributed by atoms with Gasteiger partial charge in [0.25, 0.3) is 11.3 Å². The third-order valence-electron chi connectivity index (χ3n) is 5.51. The van der Waals surface area contributed by atoms with Crippen molar-refractivity contribution in [3.63, 3.8) is 0 Å². The first-order chi connectivity index (χ1) is 14.1. The van der Waals surface area contributed by atoms with E-state index in [2.05, 4.69) is 17.1 Å². The van der Waals surface area contributed by atoms with Crippen LogP contribution in [0.15, 0.2) is 58.1 Å². The van der Waals surface area contributed by atoms with Crippen LogP contribution in [0.1, 0.15) is 0 Å². The summed E-state index contributed by atoms with van der Waals surface area (Å²) in [4.78, 5) is 34.3. The van der Waals surface area contributed by atoms with Crippen LogP contribution in [0.2, 0.25) is 0 Å². The highest BCUT2D eigenvalue weighted by molar-refractivity contribution is 6.23. The highest BCUT2D eigenvalue weighted by Gasteiger charge is 2.19. The van der Waals surface area contributed by atoms with Crippen molar-refractivity contribution in [3.8, 4) is 0 Å². The molecule has 0 bridgehead atoms. The minimum absolute atomic E-state index is 0.233. The predicted octanol–water partition coefficient (Wildman–Crippen LogP) is 2.13. The second-order valence-electron chi connectivity index (χ2n) is 7.10. The van der Waals surface area contributed by atoms with Crippen LogP contribution in [0.4, 0.5) is 0 Å². The minimum Gasteiger partial charge on any atom is -0.279 e. The molecule has 0 fully saturated rings. The van der Waals surface area contributed by atoms with Crippen molar-refractivity contribution in [1.29, 1.82) is 0 Å². The summed E-state index contributed by atoms with van der Waals surface area (Å²) in [5.74, 6) is 0.284. The van der Waals surface area contributed by atoms with Gasteiger partial charge >= 0.3 is 5.69 Å². The zero-order valence-corrected chi connectivity index (χ0v) is 15.6. The third kappa shape index (κ3) is 1.90. The number of hydrogen-bond donors (Lipinski definition) is 0. The maximum Gasteiger partial charge on any atom is 0.332 e. The van der Waals surface area contributed by atoms with E-state index < -0.39 is 11.2 Å². The molecule has 3 aromatic carbocycles. The molecule has 0 spiro atoms. The Kier molecular flexibility index (Phi) is 2.89. The number of hydrogen-bond acceptors (Lipinski definition) is 5. The zero-order valence-electron chi connectivity index (χ0n) is 15.6. The summed E-state index contributed by atoms with van der Waals surface area (Å²) in [5.41, 5.74) is 1.00. The van der Waals surface area contributed by atoms with E-state index in [0.717, 1.165) is 26.1 Å². The van der Waals surface area contributed by atoms with Gasteiger partial charge in [-0.15, -0.1) is 0 Å². The quantitative estimate of drug-likeness (QED) is 0.376.